The van der Waals surface area contributed by atoms with Crippen molar-refractivity contribution in [2.24, 2.45) is 0 Å². The first kappa shape index (κ1) is 51.0. The third-order valence-corrected chi connectivity index (χ3v) is 22.6. The van der Waals surface area contributed by atoms with Crippen molar-refractivity contribution in [3.63, 3.8) is 0 Å². The highest BCUT2D eigenvalue weighted by molar-refractivity contribution is 7.19. The summed E-state index contributed by atoms with van der Waals surface area (Å²) in [6.07, 6.45) is 0. The number of hydrogen-bond acceptors (Lipinski definition) is 3. The van der Waals surface area contributed by atoms with E-state index in [1.807, 2.05) is 36.4 Å². The number of aromatic nitrogens is 6. The number of nitrogens with zero attached hydrogens (tertiary/aromatic N) is 6. The lowest BCUT2D eigenvalue weighted by atomic mass is 10.0. The van der Waals surface area contributed by atoms with Crippen molar-refractivity contribution in [3.05, 3.63) is 328 Å². The zero-order chi connectivity index (χ0) is 58.1. The first-order chi connectivity index (χ1) is 43.7. The molecule has 0 spiro atoms. The summed E-state index contributed by atoms with van der Waals surface area (Å²) in [6, 6.07) is 119. The van der Waals surface area contributed by atoms with Crippen LogP contribution >= 0.6 is 0 Å². The zero-order valence-electron chi connectivity index (χ0n) is 47.9. The van der Waals surface area contributed by atoms with Gasteiger partial charge in [-0.1, -0.05) is 255 Å². The molecule has 0 radical (unpaired) electrons. The molecule has 17 rings (SSSR count). The summed E-state index contributed by atoms with van der Waals surface area (Å²) in [5, 5.41) is 12.4. The van der Waals surface area contributed by atoms with Gasteiger partial charge in [0, 0.05) is 60.4 Å². The number of para-hydroxylation sites is 4. The van der Waals surface area contributed by atoms with Gasteiger partial charge >= 0.3 is 0 Å². The summed E-state index contributed by atoms with van der Waals surface area (Å²) >= 11 is 0. The molecule has 0 aliphatic rings. The Hall–Kier alpha value is -11.5. The van der Waals surface area contributed by atoms with Gasteiger partial charge in [0.1, 0.15) is 0 Å². The first-order valence-corrected chi connectivity index (χ1v) is 32.0. The largest absolute Gasteiger partial charge is 0.309 e. The normalized spacial score (nSPS) is 11.9. The second-order valence-corrected chi connectivity index (χ2v) is 26.5. The van der Waals surface area contributed by atoms with Gasteiger partial charge in [0.15, 0.2) is 25.5 Å². The lowest BCUT2D eigenvalue weighted by Crippen LogP contribution is -2.74. The fourth-order valence-corrected chi connectivity index (χ4v) is 18.7. The zero-order valence-corrected chi connectivity index (χ0v) is 48.9. The molecule has 0 atom stereocenters. The highest BCUT2D eigenvalue weighted by atomic mass is 28.3. The van der Waals surface area contributed by atoms with Crippen molar-refractivity contribution in [3.8, 4) is 62.4 Å². The van der Waals surface area contributed by atoms with Crippen LogP contribution in [-0.4, -0.2) is 36.7 Å². The van der Waals surface area contributed by atoms with Gasteiger partial charge in [0.2, 0.25) is 0 Å². The standard InChI is InChI=1S/C81H54N6Si/c1-6-25-55(26-7-1)79-82-80(56-27-8-2-9-28-56)84-81(83-79)69-48-45-58(57-29-24-36-64(51-57)88(61-30-10-3-11-31-61,62-32-12-4-13-33-62)63-34-14-5-15-35-63)52-78(69)87-76-49-46-59(85-72-41-20-16-37-65(72)66-38-17-21-42-73(66)85)53-70(76)71-54-60(47-50-77(71)87)86-74-43-22-18-39-67(74)68-40-19-23-44-75(68)86/h1-54H. The Labute approximate surface area is 509 Å². The van der Waals surface area contributed by atoms with Gasteiger partial charge < -0.3 is 13.7 Å². The minimum absolute atomic E-state index is 0.575. The van der Waals surface area contributed by atoms with Crippen LogP contribution in [0.4, 0.5) is 0 Å². The summed E-state index contributed by atoms with van der Waals surface area (Å²) < 4.78 is 7.31. The van der Waals surface area contributed by atoms with Crippen LogP contribution in [-0.2, 0) is 0 Å². The van der Waals surface area contributed by atoms with Crippen molar-refractivity contribution < 1.29 is 0 Å². The molecule has 0 aliphatic carbocycles. The molecule has 6 nitrogen and oxygen atoms in total. The molecule has 0 unspecified atom stereocenters. The van der Waals surface area contributed by atoms with Gasteiger partial charge in [0.25, 0.3) is 0 Å². The van der Waals surface area contributed by atoms with E-state index in [4.69, 9.17) is 15.0 Å². The summed E-state index contributed by atoms with van der Waals surface area (Å²) in [6.45, 7) is 0. The minimum Gasteiger partial charge on any atom is -0.309 e. The van der Waals surface area contributed by atoms with Crippen LogP contribution in [0.3, 0.4) is 0 Å². The summed E-state index contributed by atoms with van der Waals surface area (Å²) in [5.74, 6) is 1.78. The van der Waals surface area contributed by atoms with Crippen molar-refractivity contribution >= 4 is 94.2 Å². The van der Waals surface area contributed by atoms with Crippen LogP contribution in [0.1, 0.15) is 0 Å². The molecule has 412 valence electrons. The van der Waals surface area contributed by atoms with Gasteiger partial charge in [-0.2, -0.15) is 0 Å². The van der Waals surface area contributed by atoms with Crippen molar-refractivity contribution in [2.75, 3.05) is 0 Å². The molecule has 0 fully saturated rings. The van der Waals surface area contributed by atoms with Crippen molar-refractivity contribution in [1.82, 2.24) is 28.7 Å². The Morgan fingerprint density at radius 2 is 0.557 bits per heavy atom. The van der Waals surface area contributed by atoms with E-state index in [2.05, 4.69) is 305 Å². The SMILES string of the molecule is c1ccc(-c2nc(-c3ccccc3)nc(-c3ccc(-c4cccc([Si](c5ccccc5)(c5ccccc5)c5ccccc5)c4)cc3-n3c4ccc(-n5c6ccccc6c6ccccc65)cc4c4cc(-n5c6ccccc6c6ccccc65)ccc43)n2)cc1. The van der Waals surface area contributed by atoms with Gasteiger partial charge in [0.05, 0.1) is 38.8 Å². The monoisotopic (exact) mass is 1140 g/mol. The van der Waals surface area contributed by atoms with E-state index in [1.165, 1.54) is 42.3 Å². The summed E-state index contributed by atoms with van der Waals surface area (Å²) in [7, 11) is -2.91. The molecular formula is C81H54N6Si. The van der Waals surface area contributed by atoms with Gasteiger partial charge in [-0.15, -0.1) is 0 Å². The maximum Gasteiger partial charge on any atom is 0.179 e. The topological polar surface area (TPSA) is 53.5 Å². The Kier molecular flexibility index (Phi) is 12.1. The lowest BCUT2D eigenvalue weighted by molar-refractivity contribution is 1.06. The van der Waals surface area contributed by atoms with E-state index in [9.17, 15) is 0 Å². The molecule has 88 heavy (non-hydrogen) atoms. The third kappa shape index (κ3) is 8.20. The average Bonchev–Trinajstić information content (AvgIpc) is 1.73. The maximum absolute atomic E-state index is 5.45. The van der Waals surface area contributed by atoms with Crippen LogP contribution in [0.15, 0.2) is 328 Å². The Morgan fingerprint density at radius 1 is 0.216 bits per heavy atom. The molecule has 0 amide bonds. The Bertz CT molecular complexity index is 5070. The smallest absolute Gasteiger partial charge is 0.179 e. The Balaban J connectivity index is 0.963. The van der Waals surface area contributed by atoms with E-state index in [1.54, 1.807) is 0 Å². The molecule has 0 aliphatic heterocycles. The number of benzene rings is 13. The third-order valence-electron chi connectivity index (χ3n) is 17.8. The molecule has 0 saturated carbocycles. The van der Waals surface area contributed by atoms with E-state index in [0.717, 1.165) is 88.8 Å². The molecule has 0 bridgehead atoms. The van der Waals surface area contributed by atoms with Crippen LogP contribution in [0.2, 0.25) is 0 Å². The van der Waals surface area contributed by atoms with Crippen molar-refractivity contribution in [2.45, 2.75) is 0 Å². The molecular weight excluding hydrogens is 1090 g/mol. The number of rotatable bonds is 11. The molecule has 17 aromatic rings. The molecule has 0 N–H and O–H groups in total. The van der Waals surface area contributed by atoms with Crippen molar-refractivity contribution in [1.29, 1.82) is 0 Å². The quantitative estimate of drug-likeness (QED) is 0.0958. The highest BCUT2D eigenvalue weighted by Crippen LogP contribution is 2.42. The second-order valence-electron chi connectivity index (χ2n) is 22.7. The molecule has 4 heterocycles. The molecule has 4 aromatic heterocycles. The minimum atomic E-state index is -2.91. The van der Waals surface area contributed by atoms with Crippen LogP contribution in [0.25, 0.3) is 128 Å². The lowest BCUT2D eigenvalue weighted by Gasteiger charge is -2.34. The fraction of sp³-hybridized carbons (Fsp3) is 0. The van der Waals surface area contributed by atoms with E-state index in [-0.39, 0.29) is 0 Å². The van der Waals surface area contributed by atoms with Crippen LogP contribution in [0.5, 0.6) is 0 Å². The number of fused-ring (bicyclic) bond motifs is 9. The average molecular weight is 1140 g/mol. The molecule has 0 saturated heterocycles. The van der Waals surface area contributed by atoms with E-state index < -0.39 is 8.07 Å². The second kappa shape index (κ2) is 20.9. The van der Waals surface area contributed by atoms with Gasteiger partial charge in [-0.25, -0.2) is 15.0 Å². The Morgan fingerprint density at radius 3 is 0.989 bits per heavy atom. The predicted octanol–water partition coefficient (Wildman–Crippen LogP) is 17.2. The first-order valence-electron chi connectivity index (χ1n) is 30.0. The van der Waals surface area contributed by atoms with Gasteiger partial charge in [-0.3, -0.25) is 0 Å². The maximum atomic E-state index is 5.45. The fourth-order valence-electron chi connectivity index (χ4n) is 13.9. The van der Waals surface area contributed by atoms with E-state index >= 15 is 0 Å². The highest BCUT2D eigenvalue weighted by Gasteiger charge is 2.41. The predicted molar refractivity (Wildman–Crippen MR) is 368 cm³/mol. The number of hydrogen-bond donors (Lipinski definition) is 0. The van der Waals surface area contributed by atoms with Gasteiger partial charge in [-0.05, 0) is 105 Å². The summed E-state index contributed by atoms with van der Waals surface area (Å²) in [5.41, 5.74) is 14.7. The summed E-state index contributed by atoms with van der Waals surface area (Å²) in [4.78, 5) is 16.1. The van der Waals surface area contributed by atoms with E-state index in [0.29, 0.717) is 17.5 Å². The van der Waals surface area contributed by atoms with Crippen LogP contribution in [0, 0.1) is 0 Å². The molecule has 13 aromatic carbocycles. The van der Waals surface area contributed by atoms with Crippen LogP contribution < -0.4 is 20.7 Å². The molecule has 7 heteroatoms.